The predicted octanol–water partition coefficient (Wildman–Crippen LogP) is 0.267. The number of para-hydroxylation sites is 1. The number of aromatic nitrogens is 3. The average Bonchev–Trinajstić information content (AvgIpc) is 2.63. The van der Waals surface area contributed by atoms with Crippen molar-refractivity contribution in [2.24, 2.45) is 14.1 Å². The van der Waals surface area contributed by atoms with Crippen molar-refractivity contribution in [3.63, 3.8) is 0 Å². The van der Waals surface area contributed by atoms with Gasteiger partial charge in [0, 0.05) is 14.1 Å². The summed E-state index contributed by atoms with van der Waals surface area (Å²) >= 11 is 0. The maximum atomic E-state index is 12.7. The van der Waals surface area contributed by atoms with E-state index in [1.165, 1.54) is 38.4 Å². The number of aromatic carboxylic acids is 1. The molecule has 0 saturated carbocycles. The second kappa shape index (κ2) is 5.96. The lowest BCUT2D eigenvalue weighted by Crippen LogP contribution is -2.37. The Morgan fingerprint density at radius 1 is 1.04 bits per heavy atom. The van der Waals surface area contributed by atoms with Crippen LogP contribution in [0.3, 0.4) is 0 Å². The summed E-state index contributed by atoms with van der Waals surface area (Å²) in [6.07, 6.45) is 0. The van der Waals surface area contributed by atoms with E-state index in [0.717, 1.165) is 15.2 Å². The number of hydrogen-bond acceptors (Lipinski definition) is 6. The van der Waals surface area contributed by atoms with Crippen LogP contribution in [0.15, 0.2) is 39.9 Å². The number of pyridine rings is 1. The van der Waals surface area contributed by atoms with Crippen molar-refractivity contribution in [2.75, 3.05) is 0 Å². The fourth-order valence-corrected chi connectivity index (χ4v) is 2.65. The molecule has 0 fully saturated rings. The molecule has 3 aromatic rings. The molecule has 0 aliphatic rings. The SMILES string of the molecule is Cn1c(=O)c2cc(C(=O)c3ccccc3O)c(C(=O)O)nc2n(C)c1=O. The van der Waals surface area contributed by atoms with Crippen molar-refractivity contribution in [3.05, 3.63) is 68.0 Å². The van der Waals surface area contributed by atoms with Gasteiger partial charge in [0.15, 0.2) is 11.5 Å². The first kappa shape index (κ1) is 17.1. The first-order chi connectivity index (χ1) is 12.2. The van der Waals surface area contributed by atoms with Gasteiger partial charge >= 0.3 is 11.7 Å². The number of carboxylic acids is 1. The Bertz CT molecular complexity index is 1210. The number of fused-ring (bicyclic) bond motifs is 1. The summed E-state index contributed by atoms with van der Waals surface area (Å²) in [5, 5.41) is 19.2. The Morgan fingerprint density at radius 3 is 2.31 bits per heavy atom. The Kier molecular flexibility index (Phi) is 3.91. The fourth-order valence-electron chi connectivity index (χ4n) is 2.65. The molecule has 0 bridgehead atoms. The Hall–Kier alpha value is -3.75. The molecule has 1 aromatic carbocycles. The molecule has 0 radical (unpaired) electrons. The molecule has 0 unspecified atom stereocenters. The first-order valence-corrected chi connectivity index (χ1v) is 7.40. The van der Waals surface area contributed by atoms with E-state index in [-0.39, 0.29) is 27.9 Å². The lowest BCUT2D eigenvalue weighted by Gasteiger charge is -2.11. The van der Waals surface area contributed by atoms with Crippen LogP contribution in [-0.2, 0) is 14.1 Å². The van der Waals surface area contributed by atoms with Crippen LogP contribution in [-0.4, -0.2) is 36.1 Å². The third kappa shape index (κ3) is 2.46. The Morgan fingerprint density at radius 2 is 1.69 bits per heavy atom. The van der Waals surface area contributed by atoms with E-state index in [1.54, 1.807) is 0 Å². The van der Waals surface area contributed by atoms with Crippen LogP contribution < -0.4 is 11.2 Å². The molecule has 3 rings (SSSR count). The van der Waals surface area contributed by atoms with Crippen LogP contribution in [0.4, 0.5) is 0 Å². The molecule has 132 valence electrons. The topological polar surface area (TPSA) is 131 Å². The van der Waals surface area contributed by atoms with E-state index in [2.05, 4.69) is 4.98 Å². The number of phenols is 1. The molecule has 0 atom stereocenters. The average molecular weight is 355 g/mol. The highest BCUT2D eigenvalue weighted by molar-refractivity contribution is 6.16. The molecule has 0 spiro atoms. The standard InChI is InChI=1S/C17H13N3O6/c1-19-14-10(15(23)20(2)17(19)26)7-9(12(18-14)16(24)25)13(22)8-5-3-4-6-11(8)21/h3-7,21H,1-2H3,(H,24,25). The summed E-state index contributed by atoms with van der Waals surface area (Å²) in [5.74, 6) is -2.63. The van der Waals surface area contributed by atoms with Crippen molar-refractivity contribution in [2.45, 2.75) is 0 Å². The highest BCUT2D eigenvalue weighted by Gasteiger charge is 2.24. The number of phenolic OH excluding ortho intramolecular Hbond substituents is 1. The van der Waals surface area contributed by atoms with Gasteiger partial charge in [-0.1, -0.05) is 12.1 Å². The number of nitrogens with zero attached hydrogens (tertiary/aromatic N) is 3. The zero-order chi connectivity index (χ0) is 19.2. The van der Waals surface area contributed by atoms with E-state index < -0.39 is 28.7 Å². The molecule has 9 heteroatoms. The van der Waals surface area contributed by atoms with Crippen LogP contribution in [0.1, 0.15) is 26.4 Å². The molecule has 0 aliphatic carbocycles. The van der Waals surface area contributed by atoms with Crippen molar-refractivity contribution < 1.29 is 19.8 Å². The lowest BCUT2D eigenvalue weighted by atomic mass is 10.00. The Labute approximate surface area is 145 Å². The number of carboxylic acid groups (broad SMARTS) is 1. The number of aromatic hydroxyl groups is 1. The molecule has 26 heavy (non-hydrogen) atoms. The van der Waals surface area contributed by atoms with Crippen LogP contribution in [0.5, 0.6) is 5.75 Å². The van der Waals surface area contributed by atoms with E-state index in [4.69, 9.17) is 0 Å². The fraction of sp³-hybridized carbons (Fsp3) is 0.118. The van der Waals surface area contributed by atoms with E-state index in [1.807, 2.05) is 0 Å². The maximum absolute atomic E-state index is 12.7. The van der Waals surface area contributed by atoms with Gasteiger partial charge in [0.25, 0.3) is 5.56 Å². The highest BCUT2D eigenvalue weighted by Crippen LogP contribution is 2.23. The molecule has 2 N–H and O–H groups in total. The summed E-state index contributed by atoms with van der Waals surface area (Å²) in [5.41, 5.74) is -2.64. The van der Waals surface area contributed by atoms with Gasteiger partial charge in [-0.25, -0.2) is 14.6 Å². The van der Waals surface area contributed by atoms with Crippen LogP contribution >= 0.6 is 0 Å². The quantitative estimate of drug-likeness (QED) is 0.644. The monoisotopic (exact) mass is 355 g/mol. The van der Waals surface area contributed by atoms with Crippen molar-refractivity contribution in [1.29, 1.82) is 0 Å². The number of ketones is 1. The molecule has 9 nitrogen and oxygen atoms in total. The summed E-state index contributed by atoms with van der Waals surface area (Å²) in [4.78, 5) is 52.6. The summed E-state index contributed by atoms with van der Waals surface area (Å²) in [7, 11) is 2.60. The molecular weight excluding hydrogens is 342 g/mol. The summed E-state index contributed by atoms with van der Waals surface area (Å²) in [6.45, 7) is 0. The Balaban J connectivity index is 2.42. The maximum Gasteiger partial charge on any atom is 0.355 e. The van der Waals surface area contributed by atoms with E-state index in [9.17, 15) is 29.4 Å². The second-order valence-corrected chi connectivity index (χ2v) is 5.61. The summed E-state index contributed by atoms with van der Waals surface area (Å²) in [6, 6.07) is 6.71. The van der Waals surface area contributed by atoms with Crippen LogP contribution in [0.25, 0.3) is 11.0 Å². The van der Waals surface area contributed by atoms with Gasteiger partial charge in [0.05, 0.1) is 16.5 Å². The second-order valence-electron chi connectivity index (χ2n) is 5.61. The normalized spacial score (nSPS) is 10.8. The van der Waals surface area contributed by atoms with Crippen LogP contribution in [0.2, 0.25) is 0 Å². The largest absolute Gasteiger partial charge is 0.507 e. The van der Waals surface area contributed by atoms with Gasteiger partial charge in [-0.3, -0.25) is 18.7 Å². The number of hydrogen-bond donors (Lipinski definition) is 2. The third-order valence-electron chi connectivity index (χ3n) is 4.02. The third-order valence-corrected chi connectivity index (χ3v) is 4.02. The molecule has 0 aliphatic heterocycles. The van der Waals surface area contributed by atoms with E-state index in [0.29, 0.717) is 0 Å². The summed E-state index contributed by atoms with van der Waals surface area (Å²) < 4.78 is 1.86. The molecule has 2 heterocycles. The number of benzene rings is 1. The minimum atomic E-state index is -1.50. The van der Waals surface area contributed by atoms with Crippen molar-refractivity contribution in [1.82, 2.24) is 14.1 Å². The first-order valence-electron chi connectivity index (χ1n) is 7.40. The van der Waals surface area contributed by atoms with Gasteiger partial charge in [-0.05, 0) is 18.2 Å². The zero-order valence-electron chi connectivity index (χ0n) is 13.8. The molecule has 0 saturated heterocycles. The lowest BCUT2D eigenvalue weighted by molar-refractivity contribution is 0.0686. The smallest absolute Gasteiger partial charge is 0.355 e. The zero-order valence-corrected chi connectivity index (χ0v) is 13.8. The highest BCUT2D eigenvalue weighted by atomic mass is 16.4. The minimum Gasteiger partial charge on any atom is -0.507 e. The van der Waals surface area contributed by atoms with Crippen LogP contribution in [0, 0.1) is 0 Å². The number of carbonyl (C=O) groups excluding carboxylic acids is 1. The predicted molar refractivity (Wildman–Crippen MR) is 90.7 cm³/mol. The number of aryl methyl sites for hydroxylation is 1. The minimum absolute atomic E-state index is 0.0848. The molecule has 0 amide bonds. The van der Waals surface area contributed by atoms with Gasteiger partial charge < -0.3 is 10.2 Å². The van der Waals surface area contributed by atoms with Gasteiger partial charge in [-0.2, -0.15) is 0 Å². The van der Waals surface area contributed by atoms with Crippen molar-refractivity contribution >= 4 is 22.8 Å². The number of rotatable bonds is 3. The molecular formula is C17H13N3O6. The van der Waals surface area contributed by atoms with Gasteiger partial charge in [-0.15, -0.1) is 0 Å². The van der Waals surface area contributed by atoms with Gasteiger partial charge in [0.1, 0.15) is 11.4 Å². The van der Waals surface area contributed by atoms with E-state index >= 15 is 0 Å². The van der Waals surface area contributed by atoms with Gasteiger partial charge in [0.2, 0.25) is 0 Å². The number of carbonyl (C=O) groups is 2. The molecule has 2 aromatic heterocycles. The van der Waals surface area contributed by atoms with Crippen molar-refractivity contribution in [3.8, 4) is 5.75 Å².